The Hall–Kier alpha value is -2.60. The second-order valence-corrected chi connectivity index (χ2v) is 5.20. The molecule has 0 atom stereocenters. The van der Waals surface area contributed by atoms with Crippen molar-refractivity contribution in [2.45, 2.75) is 6.42 Å². The molecule has 23 heavy (non-hydrogen) atoms. The smallest absolute Gasteiger partial charge is 0.298 e. The predicted molar refractivity (Wildman–Crippen MR) is 87.2 cm³/mol. The Balaban J connectivity index is 1.55. The number of ether oxygens (including phenoxy) is 2. The third-order valence-electron chi connectivity index (χ3n) is 3.05. The fourth-order valence-corrected chi connectivity index (χ4v) is 2.14. The van der Waals surface area contributed by atoms with Crippen LogP contribution in [-0.2, 0) is 0 Å². The van der Waals surface area contributed by atoms with Crippen LogP contribution >= 0.6 is 11.6 Å². The number of rotatable bonds is 6. The lowest BCUT2D eigenvalue weighted by Crippen LogP contribution is -2.13. The van der Waals surface area contributed by atoms with E-state index in [1.807, 2.05) is 30.3 Å². The van der Waals surface area contributed by atoms with Gasteiger partial charge in [-0.2, -0.15) is 4.98 Å². The van der Waals surface area contributed by atoms with E-state index in [1.54, 1.807) is 0 Å². The highest BCUT2D eigenvalue weighted by Gasteiger charge is 2.06. The van der Waals surface area contributed by atoms with Crippen LogP contribution in [0.1, 0.15) is 6.42 Å². The molecule has 6 nitrogen and oxygen atoms in total. The van der Waals surface area contributed by atoms with Gasteiger partial charge in [0, 0.05) is 12.6 Å². The lowest BCUT2D eigenvalue weighted by Gasteiger charge is -2.07. The Morgan fingerprint density at radius 3 is 2.74 bits per heavy atom. The first kappa shape index (κ1) is 15.3. The molecular weight excluding hydrogens is 318 g/mol. The number of aromatic nitrogens is 3. The molecule has 2 heterocycles. The van der Waals surface area contributed by atoms with Gasteiger partial charge in [0.2, 0.25) is 0 Å². The maximum absolute atomic E-state index is 11.9. The molecule has 1 aromatic carbocycles. The molecule has 3 rings (SSSR count). The van der Waals surface area contributed by atoms with Crippen LogP contribution in [0.25, 0.3) is 11.0 Å². The van der Waals surface area contributed by atoms with Gasteiger partial charge in [0.25, 0.3) is 11.6 Å². The Morgan fingerprint density at radius 1 is 1.13 bits per heavy atom. The van der Waals surface area contributed by atoms with Crippen LogP contribution in [0.15, 0.2) is 47.4 Å². The maximum atomic E-state index is 11.9. The second kappa shape index (κ2) is 7.11. The van der Waals surface area contributed by atoms with Gasteiger partial charge in [-0.25, -0.2) is 4.98 Å². The average Bonchev–Trinajstić information content (AvgIpc) is 2.56. The average molecular weight is 332 g/mol. The zero-order valence-electron chi connectivity index (χ0n) is 12.2. The highest BCUT2D eigenvalue weighted by atomic mass is 35.5. The van der Waals surface area contributed by atoms with Gasteiger partial charge in [0.15, 0.2) is 5.65 Å². The van der Waals surface area contributed by atoms with Gasteiger partial charge < -0.3 is 9.47 Å². The summed E-state index contributed by atoms with van der Waals surface area (Å²) in [7, 11) is 0. The number of benzene rings is 1. The minimum atomic E-state index is -0.333. The van der Waals surface area contributed by atoms with Crippen molar-refractivity contribution in [2.24, 2.45) is 0 Å². The first-order valence-corrected chi connectivity index (χ1v) is 7.46. The molecule has 7 heteroatoms. The fourth-order valence-electron chi connectivity index (χ4n) is 1.98. The van der Waals surface area contributed by atoms with E-state index in [-0.39, 0.29) is 11.6 Å². The fraction of sp³-hybridized carbons (Fsp3) is 0.188. The van der Waals surface area contributed by atoms with Crippen molar-refractivity contribution in [3.8, 4) is 11.8 Å². The van der Waals surface area contributed by atoms with Gasteiger partial charge in [0.05, 0.1) is 23.6 Å². The number of hydrogen-bond donors (Lipinski definition) is 1. The number of H-pyrrole nitrogens is 1. The molecule has 1 N–H and O–H groups in total. The molecule has 2 aromatic heterocycles. The summed E-state index contributed by atoms with van der Waals surface area (Å²) >= 11 is 5.81. The summed E-state index contributed by atoms with van der Waals surface area (Å²) < 4.78 is 11.0. The Kier molecular flexibility index (Phi) is 4.73. The quantitative estimate of drug-likeness (QED) is 0.703. The van der Waals surface area contributed by atoms with E-state index in [0.717, 1.165) is 5.75 Å². The molecule has 0 aliphatic rings. The normalized spacial score (nSPS) is 10.7. The first-order chi connectivity index (χ1) is 11.2. The van der Waals surface area contributed by atoms with E-state index >= 15 is 0 Å². The van der Waals surface area contributed by atoms with E-state index in [1.165, 1.54) is 12.3 Å². The van der Waals surface area contributed by atoms with Gasteiger partial charge in [-0.3, -0.25) is 9.78 Å². The SMILES string of the molecule is O=c1[nH]c(OCCCOc2ccccc2)nc2ncc(Cl)cc12. The van der Waals surface area contributed by atoms with Crippen LogP contribution in [0.2, 0.25) is 5.02 Å². The van der Waals surface area contributed by atoms with Gasteiger partial charge in [-0.15, -0.1) is 0 Å². The van der Waals surface area contributed by atoms with Crippen molar-refractivity contribution in [1.29, 1.82) is 0 Å². The molecule has 0 aliphatic carbocycles. The van der Waals surface area contributed by atoms with Crippen molar-refractivity contribution < 1.29 is 9.47 Å². The van der Waals surface area contributed by atoms with Gasteiger partial charge in [-0.05, 0) is 18.2 Å². The number of hydrogen-bond acceptors (Lipinski definition) is 5. The number of pyridine rings is 1. The minimum Gasteiger partial charge on any atom is -0.493 e. The van der Waals surface area contributed by atoms with Gasteiger partial charge in [0.1, 0.15) is 5.75 Å². The molecule has 0 saturated heterocycles. The molecule has 0 aliphatic heterocycles. The molecule has 3 aromatic rings. The number of aromatic amines is 1. The zero-order valence-corrected chi connectivity index (χ0v) is 12.9. The Labute approximate surface area is 137 Å². The zero-order chi connectivity index (χ0) is 16.1. The number of halogens is 1. The largest absolute Gasteiger partial charge is 0.493 e. The molecule has 0 fully saturated rings. The molecule has 0 amide bonds. The van der Waals surface area contributed by atoms with Crippen LogP contribution in [-0.4, -0.2) is 28.2 Å². The Bertz CT molecular complexity index is 852. The van der Waals surface area contributed by atoms with Crippen LogP contribution in [0.5, 0.6) is 11.8 Å². The number of para-hydroxylation sites is 1. The molecule has 0 unspecified atom stereocenters. The summed E-state index contributed by atoms with van der Waals surface area (Å²) in [5, 5.41) is 0.716. The topological polar surface area (TPSA) is 77.1 Å². The molecule has 0 spiro atoms. The first-order valence-electron chi connectivity index (χ1n) is 7.08. The highest BCUT2D eigenvalue weighted by Crippen LogP contribution is 2.13. The van der Waals surface area contributed by atoms with Crippen molar-refractivity contribution in [2.75, 3.05) is 13.2 Å². The number of fused-ring (bicyclic) bond motifs is 1. The third-order valence-corrected chi connectivity index (χ3v) is 3.25. The third kappa shape index (κ3) is 3.98. The van der Waals surface area contributed by atoms with Gasteiger partial charge >= 0.3 is 0 Å². The Morgan fingerprint density at radius 2 is 1.91 bits per heavy atom. The van der Waals surface area contributed by atoms with Crippen molar-refractivity contribution in [3.63, 3.8) is 0 Å². The minimum absolute atomic E-state index is 0.136. The highest BCUT2D eigenvalue weighted by molar-refractivity contribution is 6.31. The summed E-state index contributed by atoms with van der Waals surface area (Å²) in [6.07, 6.45) is 2.10. The van der Waals surface area contributed by atoms with Crippen LogP contribution in [0.3, 0.4) is 0 Å². The van der Waals surface area contributed by atoms with Crippen molar-refractivity contribution in [1.82, 2.24) is 15.0 Å². The summed E-state index contributed by atoms with van der Waals surface area (Å²) in [6.45, 7) is 0.880. The van der Waals surface area contributed by atoms with Crippen molar-refractivity contribution in [3.05, 3.63) is 58.0 Å². The maximum Gasteiger partial charge on any atom is 0.298 e. The molecule has 0 radical (unpaired) electrons. The summed E-state index contributed by atoms with van der Waals surface area (Å²) in [5.41, 5.74) is -0.0331. The predicted octanol–water partition coefficient (Wildman–Crippen LogP) is 2.82. The van der Waals surface area contributed by atoms with E-state index < -0.39 is 0 Å². The lowest BCUT2D eigenvalue weighted by molar-refractivity contribution is 0.236. The summed E-state index contributed by atoms with van der Waals surface area (Å²) in [6, 6.07) is 11.2. The van der Waals surface area contributed by atoms with Gasteiger partial charge in [-0.1, -0.05) is 29.8 Å². The number of nitrogens with zero attached hydrogens (tertiary/aromatic N) is 2. The molecule has 118 valence electrons. The standard InChI is InChI=1S/C16H14ClN3O3/c17-11-9-13-14(18-10-11)19-16(20-15(13)21)23-8-4-7-22-12-5-2-1-3-6-12/h1-3,5-6,9-10H,4,7-8H2,(H,18,19,20,21). The number of nitrogens with one attached hydrogen (secondary N) is 1. The van der Waals surface area contributed by atoms with E-state index in [4.69, 9.17) is 21.1 Å². The van der Waals surface area contributed by atoms with Crippen LogP contribution in [0, 0.1) is 0 Å². The lowest BCUT2D eigenvalue weighted by atomic mass is 10.3. The molecule has 0 saturated carbocycles. The summed E-state index contributed by atoms with van der Waals surface area (Å²) in [4.78, 5) is 22.6. The van der Waals surface area contributed by atoms with E-state index in [0.29, 0.717) is 35.7 Å². The van der Waals surface area contributed by atoms with Crippen LogP contribution < -0.4 is 15.0 Å². The van der Waals surface area contributed by atoms with Crippen LogP contribution in [0.4, 0.5) is 0 Å². The monoisotopic (exact) mass is 331 g/mol. The summed E-state index contributed by atoms with van der Waals surface area (Å²) in [5.74, 6) is 0.811. The van der Waals surface area contributed by atoms with E-state index in [9.17, 15) is 4.79 Å². The van der Waals surface area contributed by atoms with E-state index in [2.05, 4.69) is 15.0 Å². The second-order valence-electron chi connectivity index (χ2n) is 4.76. The molecular formula is C16H14ClN3O3. The molecule has 0 bridgehead atoms. The van der Waals surface area contributed by atoms with Crippen molar-refractivity contribution >= 4 is 22.6 Å².